The molecule has 0 saturated carbocycles. The van der Waals surface area contributed by atoms with Gasteiger partial charge in [0.2, 0.25) is 17.5 Å². The van der Waals surface area contributed by atoms with Crippen molar-refractivity contribution in [2.24, 2.45) is 0 Å². The number of rotatable bonds is 4. The second-order valence-corrected chi connectivity index (χ2v) is 5.85. The maximum Gasteiger partial charge on any atom is 0.253 e. The normalized spacial score (nSPS) is 10.7. The molecule has 2 rings (SSSR count). The van der Waals surface area contributed by atoms with E-state index in [2.05, 4.69) is 10.3 Å². The Morgan fingerprint density at radius 3 is 2.00 bits per heavy atom. The molecule has 1 aromatic heterocycles. The number of hydrogen-bond acceptors (Lipinski definition) is 3. The lowest BCUT2D eigenvalue weighted by Crippen LogP contribution is -2.32. The number of carbonyl (C=O) groups is 1. The minimum Gasteiger partial charge on any atom is -0.360 e. The average molecular weight is 355 g/mol. The van der Waals surface area contributed by atoms with Crippen LogP contribution in [0.1, 0.15) is 16.7 Å². The summed E-state index contributed by atoms with van der Waals surface area (Å²) in [5, 5.41) is 2.65. The van der Waals surface area contributed by atoms with Crippen LogP contribution in [0.3, 0.4) is 0 Å². The van der Waals surface area contributed by atoms with Crippen molar-refractivity contribution in [1.82, 2.24) is 4.98 Å². The van der Waals surface area contributed by atoms with Crippen LogP contribution in [0.15, 0.2) is 12.1 Å². The lowest BCUT2D eigenvalue weighted by molar-refractivity contribution is -0.114. The van der Waals surface area contributed by atoms with Crippen LogP contribution in [0.5, 0.6) is 0 Å². The number of hydrogen-bond donors (Lipinski definition) is 1. The fourth-order valence-corrected chi connectivity index (χ4v) is 2.66. The Hall–Kier alpha value is -2.64. The summed E-state index contributed by atoms with van der Waals surface area (Å²) >= 11 is 0. The third-order valence-electron chi connectivity index (χ3n) is 3.68. The first kappa shape index (κ1) is 18.7. The van der Waals surface area contributed by atoms with Crippen LogP contribution in [-0.2, 0) is 4.79 Å². The van der Waals surface area contributed by atoms with Crippen molar-refractivity contribution >= 4 is 17.3 Å². The Balaban J connectivity index is 2.22. The predicted molar refractivity (Wildman–Crippen MR) is 86.6 cm³/mol. The molecule has 134 valence electrons. The third kappa shape index (κ3) is 3.89. The summed E-state index contributed by atoms with van der Waals surface area (Å²) in [6.07, 6.45) is 0. The Morgan fingerprint density at radius 1 is 1.04 bits per heavy atom. The summed E-state index contributed by atoms with van der Waals surface area (Å²) in [5.74, 6) is -7.44. The van der Waals surface area contributed by atoms with E-state index in [0.717, 1.165) is 28.6 Å². The largest absolute Gasteiger partial charge is 0.360 e. The van der Waals surface area contributed by atoms with Crippen molar-refractivity contribution in [3.63, 3.8) is 0 Å². The molecule has 2 aromatic rings. The van der Waals surface area contributed by atoms with Crippen LogP contribution < -0.4 is 10.2 Å². The van der Waals surface area contributed by atoms with E-state index < -0.39 is 41.7 Å². The molecule has 25 heavy (non-hydrogen) atoms. The second-order valence-electron chi connectivity index (χ2n) is 5.85. The smallest absolute Gasteiger partial charge is 0.253 e. The zero-order chi connectivity index (χ0) is 18.9. The number of pyridine rings is 1. The van der Waals surface area contributed by atoms with Crippen molar-refractivity contribution in [2.45, 2.75) is 20.8 Å². The zero-order valence-electron chi connectivity index (χ0n) is 14.2. The van der Waals surface area contributed by atoms with Gasteiger partial charge in [-0.2, -0.15) is 22.5 Å². The van der Waals surface area contributed by atoms with Gasteiger partial charge in [-0.15, -0.1) is 0 Å². The number of aryl methyl sites for hydroxylation is 3. The molecule has 0 aliphatic heterocycles. The van der Waals surface area contributed by atoms with Crippen molar-refractivity contribution in [2.75, 3.05) is 23.8 Å². The van der Waals surface area contributed by atoms with Crippen LogP contribution in [-0.4, -0.2) is 24.5 Å². The quantitative estimate of drug-likeness (QED) is 0.673. The maximum atomic E-state index is 13.7. The number of anilines is 2. The van der Waals surface area contributed by atoms with Gasteiger partial charge < -0.3 is 10.2 Å². The molecular weight excluding hydrogens is 338 g/mol. The van der Waals surface area contributed by atoms with Gasteiger partial charge >= 0.3 is 0 Å². The third-order valence-corrected chi connectivity index (χ3v) is 3.68. The van der Waals surface area contributed by atoms with Gasteiger partial charge in [-0.05, 0) is 31.9 Å². The minimum atomic E-state index is -1.77. The summed E-state index contributed by atoms with van der Waals surface area (Å²) in [6.45, 7) is 5.03. The van der Waals surface area contributed by atoms with E-state index >= 15 is 0 Å². The number of likely N-dealkylation sites (N-methyl/N-ethyl adjacent to an activating group) is 1. The predicted octanol–water partition coefficient (Wildman–Crippen LogP) is 3.64. The van der Waals surface area contributed by atoms with E-state index in [1.165, 1.54) is 0 Å². The minimum absolute atomic E-state index is 0.510. The molecule has 0 unspecified atom stereocenters. The number of amides is 1. The number of benzene rings is 1. The average Bonchev–Trinajstić information content (AvgIpc) is 2.49. The molecular formula is C17H17F4N3O. The van der Waals surface area contributed by atoms with Crippen molar-refractivity contribution in [3.05, 3.63) is 52.4 Å². The van der Waals surface area contributed by atoms with Gasteiger partial charge in [-0.25, -0.2) is 0 Å². The first-order valence-electron chi connectivity index (χ1n) is 7.40. The SMILES string of the molecule is Cc1cc(C)c(NC(=O)CN(C)c2c(F)c(F)nc(F)c2F)c(C)c1. The highest BCUT2D eigenvalue weighted by Gasteiger charge is 2.24. The summed E-state index contributed by atoms with van der Waals surface area (Å²) in [4.78, 5) is 15.4. The molecule has 0 aliphatic rings. The van der Waals surface area contributed by atoms with E-state index in [4.69, 9.17) is 0 Å². The van der Waals surface area contributed by atoms with Crippen LogP contribution in [0.4, 0.5) is 28.9 Å². The van der Waals surface area contributed by atoms with Crippen molar-refractivity contribution < 1.29 is 22.4 Å². The van der Waals surface area contributed by atoms with E-state index in [1.54, 1.807) is 0 Å². The number of nitrogens with zero attached hydrogens (tertiary/aromatic N) is 2. The highest BCUT2D eigenvalue weighted by atomic mass is 19.2. The molecule has 0 aliphatic carbocycles. The molecule has 4 nitrogen and oxygen atoms in total. The molecule has 0 fully saturated rings. The van der Waals surface area contributed by atoms with Gasteiger partial charge in [0, 0.05) is 12.7 Å². The lowest BCUT2D eigenvalue weighted by Gasteiger charge is -2.21. The van der Waals surface area contributed by atoms with Gasteiger partial charge in [0.25, 0.3) is 11.9 Å². The van der Waals surface area contributed by atoms with E-state index in [1.807, 2.05) is 32.9 Å². The fraction of sp³-hybridized carbons (Fsp3) is 0.294. The number of nitrogens with one attached hydrogen (secondary N) is 1. The molecule has 1 aromatic carbocycles. The molecule has 0 saturated heterocycles. The summed E-state index contributed by atoms with van der Waals surface area (Å²) < 4.78 is 53.8. The molecule has 1 heterocycles. The van der Waals surface area contributed by atoms with Gasteiger partial charge in [-0.3, -0.25) is 4.79 Å². The first-order valence-corrected chi connectivity index (χ1v) is 7.40. The van der Waals surface area contributed by atoms with Gasteiger partial charge in [0.1, 0.15) is 5.69 Å². The Kier molecular flexibility index (Phi) is 5.30. The molecule has 1 amide bonds. The first-order chi connectivity index (χ1) is 11.6. The topological polar surface area (TPSA) is 45.2 Å². The second kappa shape index (κ2) is 7.08. The molecule has 1 N–H and O–H groups in total. The molecule has 8 heteroatoms. The monoisotopic (exact) mass is 355 g/mol. The van der Waals surface area contributed by atoms with Crippen LogP contribution in [0, 0.1) is 44.3 Å². The Bertz CT molecular complexity index is 790. The van der Waals surface area contributed by atoms with Crippen LogP contribution in [0.25, 0.3) is 0 Å². The summed E-state index contributed by atoms with van der Waals surface area (Å²) in [5.41, 5.74) is 2.27. The van der Waals surface area contributed by atoms with E-state index in [9.17, 15) is 22.4 Å². The number of aromatic nitrogens is 1. The Labute approximate surface area is 142 Å². The van der Waals surface area contributed by atoms with E-state index in [0.29, 0.717) is 5.69 Å². The highest BCUT2D eigenvalue weighted by Crippen LogP contribution is 2.26. The van der Waals surface area contributed by atoms with Crippen LogP contribution >= 0.6 is 0 Å². The van der Waals surface area contributed by atoms with Crippen LogP contribution in [0.2, 0.25) is 0 Å². The zero-order valence-corrected chi connectivity index (χ0v) is 14.2. The fourth-order valence-electron chi connectivity index (χ4n) is 2.66. The van der Waals surface area contributed by atoms with Crippen molar-refractivity contribution in [3.8, 4) is 0 Å². The molecule has 0 spiro atoms. The molecule has 0 bridgehead atoms. The number of carbonyl (C=O) groups excluding carboxylic acids is 1. The summed E-state index contributed by atoms with van der Waals surface area (Å²) in [6, 6.07) is 3.75. The van der Waals surface area contributed by atoms with Gasteiger partial charge in [0.15, 0.2) is 0 Å². The maximum absolute atomic E-state index is 13.7. The summed E-state index contributed by atoms with van der Waals surface area (Å²) in [7, 11) is 1.15. The van der Waals surface area contributed by atoms with Crippen molar-refractivity contribution in [1.29, 1.82) is 0 Å². The standard InChI is InChI=1S/C17H17F4N3O/c1-8-5-9(2)14(10(3)6-8)22-11(25)7-24(4)15-12(18)16(20)23-17(21)13(15)19/h5-6H,7H2,1-4H3,(H,22,25). The van der Waals surface area contributed by atoms with Gasteiger partial charge in [-0.1, -0.05) is 17.7 Å². The molecule has 0 atom stereocenters. The highest BCUT2D eigenvalue weighted by molar-refractivity contribution is 5.95. The Morgan fingerprint density at radius 2 is 1.52 bits per heavy atom. The van der Waals surface area contributed by atoms with Gasteiger partial charge in [0.05, 0.1) is 6.54 Å². The van der Waals surface area contributed by atoms with E-state index in [-0.39, 0.29) is 0 Å². The number of halogens is 4. The lowest BCUT2D eigenvalue weighted by atomic mass is 10.1. The molecule has 0 radical (unpaired) electrons.